The summed E-state index contributed by atoms with van der Waals surface area (Å²) in [6, 6.07) is 7.50. The van der Waals surface area contributed by atoms with E-state index in [1.54, 1.807) is 4.57 Å². The van der Waals surface area contributed by atoms with E-state index in [2.05, 4.69) is 5.32 Å². The van der Waals surface area contributed by atoms with Crippen molar-refractivity contribution < 1.29 is 9.59 Å². The second-order valence-corrected chi connectivity index (χ2v) is 6.29. The first-order valence-corrected chi connectivity index (χ1v) is 8.84. The summed E-state index contributed by atoms with van der Waals surface area (Å²) >= 11 is 0. The maximum absolute atomic E-state index is 12.5. The molecule has 0 bridgehead atoms. The zero-order valence-corrected chi connectivity index (χ0v) is 14.5. The van der Waals surface area contributed by atoms with Crippen molar-refractivity contribution in [1.82, 2.24) is 19.4 Å². The number of amides is 2. The fourth-order valence-electron chi connectivity index (χ4n) is 3.37. The van der Waals surface area contributed by atoms with Crippen LogP contribution in [0.2, 0.25) is 0 Å². The van der Waals surface area contributed by atoms with Crippen LogP contribution in [-0.2, 0) is 22.7 Å². The molecule has 0 aliphatic carbocycles. The van der Waals surface area contributed by atoms with Crippen molar-refractivity contribution in [2.45, 2.75) is 39.3 Å². The highest BCUT2D eigenvalue weighted by Crippen LogP contribution is 2.12. The molecule has 1 N–H and O–H groups in total. The van der Waals surface area contributed by atoms with E-state index in [-0.39, 0.29) is 24.0 Å². The maximum Gasteiger partial charge on any atom is 0.329 e. The van der Waals surface area contributed by atoms with Gasteiger partial charge in [-0.2, -0.15) is 0 Å². The van der Waals surface area contributed by atoms with E-state index in [1.165, 1.54) is 4.57 Å². The van der Waals surface area contributed by atoms with E-state index in [0.29, 0.717) is 26.1 Å². The van der Waals surface area contributed by atoms with E-state index in [1.807, 2.05) is 36.1 Å². The van der Waals surface area contributed by atoms with Crippen molar-refractivity contribution in [3.63, 3.8) is 0 Å². The number of rotatable bonds is 7. The van der Waals surface area contributed by atoms with Crippen LogP contribution in [0.4, 0.5) is 0 Å². The van der Waals surface area contributed by atoms with E-state index in [4.69, 9.17) is 0 Å². The first-order chi connectivity index (χ1) is 12.1. The van der Waals surface area contributed by atoms with E-state index in [0.717, 1.165) is 30.4 Å². The van der Waals surface area contributed by atoms with Crippen LogP contribution in [0.15, 0.2) is 29.1 Å². The zero-order valence-electron chi connectivity index (χ0n) is 14.5. The normalized spacial score (nSPS) is 14.4. The third kappa shape index (κ3) is 3.60. The molecule has 0 saturated carbocycles. The van der Waals surface area contributed by atoms with Gasteiger partial charge in [-0.1, -0.05) is 12.1 Å². The number of nitrogens with one attached hydrogen (secondary N) is 1. The van der Waals surface area contributed by atoms with Crippen LogP contribution < -0.4 is 11.0 Å². The van der Waals surface area contributed by atoms with Gasteiger partial charge in [0.05, 0.1) is 11.0 Å². The molecule has 7 heteroatoms. The van der Waals surface area contributed by atoms with Gasteiger partial charge in [-0.15, -0.1) is 0 Å². The summed E-state index contributed by atoms with van der Waals surface area (Å²) in [6.45, 7) is 4.49. The summed E-state index contributed by atoms with van der Waals surface area (Å²) in [6.07, 6.45) is 2.29. The summed E-state index contributed by atoms with van der Waals surface area (Å²) in [5.74, 6) is 0.0131. The van der Waals surface area contributed by atoms with E-state index < -0.39 is 0 Å². The molecular weight excluding hydrogens is 320 g/mol. The number of likely N-dealkylation sites (tertiary alicyclic amines) is 1. The fraction of sp³-hybridized carbons (Fsp3) is 0.500. The van der Waals surface area contributed by atoms with Crippen LogP contribution in [0.3, 0.4) is 0 Å². The highest BCUT2D eigenvalue weighted by Gasteiger charge is 2.19. The van der Waals surface area contributed by atoms with Gasteiger partial charge in [-0.25, -0.2) is 4.79 Å². The molecule has 0 unspecified atom stereocenters. The highest BCUT2D eigenvalue weighted by atomic mass is 16.2. The van der Waals surface area contributed by atoms with Gasteiger partial charge in [0, 0.05) is 32.6 Å². The van der Waals surface area contributed by atoms with Gasteiger partial charge in [0.2, 0.25) is 11.8 Å². The number of carbonyl (C=O) groups excluding carboxylic acids is 2. The standard InChI is InChI=1S/C18H24N4O3/c1-2-21-14-7-3-4-8-15(14)22(18(21)25)13-16(23)19-10-6-12-20-11-5-9-17(20)24/h3-4,7-8H,2,5-6,9-13H2,1H3,(H,19,23). The molecule has 1 fully saturated rings. The van der Waals surface area contributed by atoms with Crippen LogP contribution in [0.1, 0.15) is 26.2 Å². The Morgan fingerprint density at radius 2 is 1.88 bits per heavy atom. The van der Waals surface area contributed by atoms with Crippen molar-refractivity contribution in [3.8, 4) is 0 Å². The van der Waals surface area contributed by atoms with Crippen molar-refractivity contribution in [1.29, 1.82) is 0 Å². The Kier molecular flexibility index (Phi) is 5.21. The molecule has 0 atom stereocenters. The van der Waals surface area contributed by atoms with Gasteiger partial charge < -0.3 is 10.2 Å². The minimum Gasteiger partial charge on any atom is -0.354 e. The Bertz CT molecular complexity index is 836. The lowest BCUT2D eigenvalue weighted by atomic mass is 10.3. The number of hydrogen-bond acceptors (Lipinski definition) is 3. The summed E-state index contributed by atoms with van der Waals surface area (Å²) in [7, 11) is 0. The van der Waals surface area contributed by atoms with Crippen molar-refractivity contribution >= 4 is 22.8 Å². The Morgan fingerprint density at radius 3 is 2.52 bits per heavy atom. The van der Waals surface area contributed by atoms with Crippen molar-refractivity contribution in [2.75, 3.05) is 19.6 Å². The predicted octanol–water partition coefficient (Wildman–Crippen LogP) is 0.952. The molecule has 0 spiro atoms. The number of para-hydroxylation sites is 2. The zero-order chi connectivity index (χ0) is 17.8. The second-order valence-electron chi connectivity index (χ2n) is 6.29. The third-order valence-corrected chi connectivity index (χ3v) is 4.64. The molecule has 134 valence electrons. The number of hydrogen-bond donors (Lipinski definition) is 1. The molecule has 1 aromatic heterocycles. The third-order valence-electron chi connectivity index (χ3n) is 4.64. The summed E-state index contributed by atoms with van der Waals surface area (Å²) < 4.78 is 3.18. The average Bonchev–Trinajstić information content (AvgIpc) is 3.13. The minimum absolute atomic E-state index is 0.00892. The topological polar surface area (TPSA) is 76.3 Å². The first-order valence-electron chi connectivity index (χ1n) is 8.84. The quantitative estimate of drug-likeness (QED) is 0.760. The van der Waals surface area contributed by atoms with Crippen molar-refractivity contribution in [2.24, 2.45) is 0 Å². The molecular formula is C18H24N4O3. The smallest absolute Gasteiger partial charge is 0.329 e. The fourth-order valence-corrected chi connectivity index (χ4v) is 3.37. The number of aromatic nitrogens is 2. The molecule has 2 aromatic rings. The van der Waals surface area contributed by atoms with Gasteiger partial charge in [-0.05, 0) is 31.9 Å². The summed E-state index contributed by atoms with van der Waals surface area (Å²) in [5.41, 5.74) is 1.45. The van der Waals surface area contributed by atoms with Crippen LogP contribution in [0.25, 0.3) is 11.0 Å². The van der Waals surface area contributed by atoms with E-state index >= 15 is 0 Å². The number of aryl methyl sites for hydroxylation is 1. The number of imidazole rings is 1. The molecule has 2 amide bonds. The van der Waals surface area contributed by atoms with Crippen molar-refractivity contribution in [3.05, 3.63) is 34.7 Å². The second kappa shape index (κ2) is 7.55. The van der Waals surface area contributed by atoms with Crippen LogP contribution in [0.5, 0.6) is 0 Å². The maximum atomic E-state index is 12.5. The van der Waals surface area contributed by atoms with Gasteiger partial charge in [-0.3, -0.25) is 18.7 Å². The molecule has 7 nitrogen and oxygen atoms in total. The molecule has 25 heavy (non-hydrogen) atoms. The molecule has 3 rings (SSSR count). The van der Waals surface area contributed by atoms with Gasteiger partial charge in [0.1, 0.15) is 6.54 Å². The average molecular weight is 344 g/mol. The van der Waals surface area contributed by atoms with Gasteiger partial charge >= 0.3 is 5.69 Å². The summed E-state index contributed by atoms with van der Waals surface area (Å²) in [5, 5.41) is 2.84. The lowest BCUT2D eigenvalue weighted by Gasteiger charge is -2.15. The molecule has 1 aromatic carbocycles. The van der Waals surface area contributed by atoms with Crippen LogP contribution >= 0.6 is 0 Å². The Hall–Kier alpha value is -2.57. The Labute approximate surface area is 146 Å². The SMILES string of the molecule is CCn1c(=O)n(CC(=O)NCCCN2CCCC2=O)c2ccccc21. The number of fused-ring (bicyclic) bond motifs is 1. The molecule has 1 aliphatic heterocycles. The number of carbonyl (C=O) groups is 2. The molecule has 2 heterocycles. The number of benzene rings is 1. The molecule has 0 radical (unpaired) electrons. The predicted molar refractivity (Wildman–Crippen MR) is 95.3 cm³/mol. The molecule has 1 aliphatic rings. The minimum atomic E-state index is -0.186. The van der Waals surface area contributed by atoms with Gasteiger partial charge in [0.25, 0.3) is 0 Å². The Balaban J connectivity index is 1.58. The monoisotopic (exact) mass is 344 g/mol. The summed E-state index contributed by atoms with van der Waals surface area (Å²) in [4.78, 5) is 38.1. The lowest BCUT2D eigenvalue weighted by Crippen LogP contribution is -2.35. The Morgan fingerprint density at radius 1 is 1.16 bits per heavy atom. The lowest BCUT2D eigenvalue weighted by molar-refractivity contribution is -0.127. The van der Waals surface area contributed by atoms with Gasteiger partial charge in [0.15, 0.2) is 0 Å². The highest BCUT2D eigenvalue weighted by molar-refractivity contribution is 5.81. The number of nitrogens with zero attached hydrogens (tertiary/aromatic N) is 3. The van der Waals surface area contributed by atoms with Crippen LogP contribution in [-0.4, -0.2) is 45.5 Å². The van der Waals surface area contributed by atoms with E-state index in [9.17, 15) is 14.4 Å². The largest absolute Gasteiger partial charge is 0.354 e. The molecule has 1 saturated heterocycles. The van der Waals surface area contributed by atoms with Crippen LogP contribution in [0, 0.1) is 0 Å². The first kappa shape index (κ1) is 17.3.